The van der Waals surface area contributed by atoms with Crippen molar-refractivity contribution in [2.45, 2.75) is 52.5 Å². The summed E-state index contributed by atoms with van der Waals surface area (Å²) in [4.78, 5) is 39.8. The maximum absolute atomic E-state index is 14.0. The van der Waals surface area contributed by atoms with E-state index >= 15 is 0 Å². The van der Waals surface area contributed by atoms with Crippen molar-refractivity contribution in [2.75, 3.05) is 31.7 Å². The summed E-state index contributed by atoms with van der Waals surface area (Å²) in [7, 11) is 1.53. The number of ether oxygens (including phenoxy) is 1. The van der Waals surface area contributed by atoms with Gasteiger partial charge in [0.25, 0.3) is 11.8 Å². The normalized spacial score (nSPS) is 14.5. The molecule has 0 atom stereocenters. The van der Waals surface area contributed by atoms with Crippen molar-refractivity contribution in [3.8, 4) is 16.8 Å². The molecule has 2 aromatic heterocycles. The van der Waals surface area contributed by atoms with Crippen LogP contribution >= 0.6 is 0 Å². The number of benzene rings is 2. The molecule has 0 fully saturated rings. The molecule has 0 saturated heterocycles. The third-order valence-electron chi connectivity index (χ3n) is 7.63. The number of hydrogen-bond donors (Lipinski definition) is 0. The second-order valence-corrected chi connectivity index (χ2v) is 10.8. The van der Waals surface area contributed by atoms with E-state index in [4.69, 9.17) is 4.74 Å². The lowest BCUT2D eigenvalue weighted by molar-refractivity contribution is -0.122. The van der Waals surface area contributed by atoms with E-state index in [1.807, 2.05) is 78.4 Å². The number of aromatic nitrogens is 4. The van der Waals surface area contributed by atoms with E-state index in [0.717, 1.165) is 65.7 Å². The number of anilines is 1. The number of pyridine rings is 1. The molecule has 9 nitrogen and oxygen atoms in total. The molecule has 2 amide bonds. The third kappa shape index (κ3) is 6.74. The summed E-state index contributed by atoms with van der Waals surface area (Å²) in [6.07, 6.45) is 8.40. The Morgan fingerprint density at radius 1 is 0.905 bits per heavy atom. The van der Waals surface area contributed by atoms with Crippen LogP contribution in [-0.2, 0) is 16.1 Å². The fourth-order valence-electron chi connectivity index (χ4n) is 5.38. The summed E-state index contributed by atoms with van der Waals surface area (Å²) in [5.41, 5.74) is 5.61. The van der Waals surface area contributed by atoms with E-state index in [-0.39, 0.29) is 24.2 Å². The number of rotatable bonds is 5. The highest BCUT2D eigenvalue weighted by Gasteiger charge is 2.26. The van der Waals surface area contributed by atoms with Crippen LogP contribution in [0.4, 0.5) is 5.69 Å². The zero-order valence-corrected chi connectivity index (χ0v) is 24.6. The standard InChI is InChI=1S/C33H38N6O3/c1-24-11-14-29(15-12-24)39-25(2)35-32(36-39)33(41)37-18-7-5-4-6-8-19-38(31(40)23-42-3)30-16-13-26(20-28(30)22-37)27-10-9-17-34-21-27/h9-17,20-21H,4-8,18-19,22-23H2,1-3H3. The predicted octanol–water partition coefficient (Wildman–Crippen LogP) is 5.53. The lowest BCUT2D eigenvalue weighted by Crippen LogP contribution is -2.37. The smallest absolute Gasteiger partial charge is 0.293 e. The van der Waals surface area contributed by atoms with Gasteiger partial charge in [-0.2, -0.15) is 0 Å². The summed E-state index contributed by atoms with van der Waals surface area (Å²) in [6, 6.07) is 17.9. The van der Waals surface area contributed by atoms with Crippen LogP contribution in [0, 0.1) is 13.8 Å². The van der Waals surface area contributed by atoms with Crippen LogP contribution in [-0.4, -0.2) is 63.3 Å². The molecule has 1 aliphatic rings. The maximum atomic E-state index is 14.0. The third-order valence-corrected chi connectivity index (χ3v) is 7.63. The predicted molar refractivity (Wildman–Crippen MR) is 163 cm³/mol. The Hall–Kier alpha value is -4.37. The molecule has 0 saturated carbocycles. The summed E-state index contributed by atoms with van der Waals surface area (Å²) in [6.45, 7) is 5.36. The molecule has 3 heterocycles. The lowest BCUT2D eigenvalue weighted by atomic mass is 10.0. The Bertz CT molecular complexity index is 1520. The number of aryl methyl sites for hydroxylation is 2. The number of carbonyl (C=O) groups excluding carboxylic acids is 2. The van der Waals surface area contributed by atoms with Crippen LogP contribution < -0.4 is 4.90 Å². The first-order valence-electron chi connectivity index (χ1n) is 14.6. The molecule has 0 unspecified atom stereocenters. The molecule has 0 aliphatic carbocycles. The molecular weight excluding hydrogens is 528 g/mol. The van der Waals surface area contributed by atoms with E-state index in [9.17, 15) is 9.59 Å². The summed E-state index contributed by atoms with van der Waals surface area (Å²) < 4.78 is 6.94. The molecule has 4 aromatic rings. The van der Waals surface area contributed by atoms with Crippen LogP contribution in [0.3, 0.4) is 0 Å². The molecule has 0 bridgehead atoms. The van der Waals surface area contributed by atoms with Crippen LogP contribution in [0.25, 0.3) is 16.8 Å². The zero-order chi connectivity index (χ0) is 29.5. The van der Waals surface area contributed by atoms with Gasteiger partial charge in [-0.1, -0.05) is 49.1 Å². The minimum Gasteiger partial charge on any atom is -0.375 e. The Morgan fingerprint density at radius 2 is 1.67 bits per heavy atom. The van der Waals surface area contributed by atoms with E-state index in [1.165, 1.54) is 7.11 Å². The molecule has 42 heavy (non-hydrogen) atoms. The van der Waals surface area contributed by atoms with Crippen LogP contribution in [0.1, 0.15) is 59.7 Å². The molecule has 0 spiro atoms. The molecule has 218 valence electrons. The van der Waals surface area contributed by atoms with E-state index in [2.05, 4.69) is 21.1 Å². The van der Waals surface area contributed by atoms with Crippen molar-refractivity contribution >= 4 is 17.5 Å². The van der Waals surface area contributed by atoms with Gasteiger partial charge in [-0.3, -0.25) is 14.6 Å². The Kier molecular flexibility index (Phi) is 9.38. The quantitative estimate of drug-likeness (QED) is 0.315. The van der Waals surface area contributed by atoms with Gasteiger partial charge < -0.3 is 14.5 Å². The molecule has 5 rings (SSSR count). The largest absolute Gasteiger partial charge is 0.375 e. The second kappa shape index (κ2) is 13.5. The van der Waals surface area contributed by atoms with Crippen LogP contribution in [0.15, 0.2) is 67.0 Å². The Balaban J connectivity index is 1.54. The van der Waals surface area contributed by atoms with E-state index < -0.39 is 0 Å². The number of carbonyl (C=O) groups is 2. The average Bonchev–Trinajstić information content (AvgIpc) is 3.39. The van der Waals surface area contributed by atoms with Gasteiger partial charge in [0.2, 0.25) is 5.82 Å². The fraction of sp³-hybridized carbons (Fsp3) is 0.364. The van der Waals surface area contributed by atoms with Crippen molar-refractivity contribution in [1.82, 2.24) is 24.6 Å². The highest BCUT2D eigenvalue weighted by atomic mass is 16.5. The van der Waals surface area contributed by atoms with E-state index in [0.29, 0.717) is 25.5 Å². The highest BCUT2D eigenvalue weighted by molar-refractivity contribution is 5.96. The van der Waals surface area contributed by atoms with Crippen molar-refractivity contribution in [2.24, 2.45) is 0 Å². The fourth-order valence-corrected chi connectivity index (χ4v) is 5.38. The maximum Gasteiger partial charge on any atom is 0.293 e. The average molecular weight is 567 g/mol. The first-order valence-corrected chi connectivity index (χ1v) is 14.6. The van der Waals surface area contributed by atoms with Crippen molar-refractivity contribution in [1.29, 1.82) is 0 Å². The Morgan fingerprint density at radius 3 is 2.40 bits per heavy atom. The van der Waals surface area contributed by atoms with Gasteiger partial charge >= 0.3 is 0 Å². The number of hydrogen-bond acceptors (Lipinski definition) is 6. The van der Waals surface area contributed by atoms with Crippen LogP contribution in [0.2, 0.25) is 0 Å². The van der Waals surface area contributed by atoms with Crippen molar-refractivity contribution < 1.29 is 14.3 Å². The Labute approximate surface area is 247 Å². The number of fused-ring (bicyclic) bond motifs is 1. The van der Waals surface area contributed by atoms with Gasteiger partial charge in [0.05, 0.1) is 5.69 Å². The van der Waals surface area contributed by atoms with Gasteiger partial charge in [-0.15, -0.1) is 5.10 Å². The van der Waals surface area contributed by atoms with Crippen molar-refractivity contribution in [3.63, 3.8) is 0 Å². The van der Waals surface area contributed by atoms with Gasteiger partial charge in [0.1, 0.15) is 12.4 Å². The number of nitrogens with zero attached hydrogens (tertiary/aromatic N) is 6. The van der Waals surface area contributed by atoms with Gasteiger partial charge in [-0.25, -0.2) is 9.67 Å². The highest BCUT2D eigenvalue weighted by Crippen LogP contribution is 2.30. The first-order chi connectivity index (χ1) is 20.4. The minimum absolute atomic E-state index is 0.00785. The number of amides is 2. The molecule has 0 radical (unpaired) electrons. The molecule has 2 aromatic carbocycles. The van der Waals surface area contributed by atoms with E-state index in [1.54, 1.807) is 10.9 Å². The summed E-state index contributed by atoms with van der Waals surface area (Å²) >= 11 is 0. The second-order valence-electron chi connectivity index (χ2n) is 10.8. The molecule has 0 N–H and O–H groups in total. The first kappa shape index (κ1) is 29.1. The van der Waals surface area contributed by atoms with Gasteiger partial charge in [0.15, 0.2) is 0 Å². The SMILES string of the molecule is COCC(=O)N1CCCCCCCN(C(=O)c2nc(C)n(-c3ccc(C)cc3)n2)Cc2cc(-c3cccnc3)ccc21. The van der Waals surface area contributed by atoms with Crippen LogP contribution in [0.5, 0.6) is 0 Å². The summed E-state index contributed by atoms with van der Waals surface area (Å²) in [5, 5.41) is 4.63. The van der Waals surface area contributed by atoms with Gasteiger partial charge in [0, 0.05) is 44.8 Å². The topological polar surface area (TPSA) is 93.5 Å². The lowest BCUT2D eigenvalue weighted by Gasteiger charge is -2.29. The van der Waals surface area contributed by atoms with Crippen molar-refractivity contribution in [3.05, 3.63) is 89.8 Å². The minimum atomic E-state index is -0.228. The van der Waals surface area contributed by atoms with Gasteiger partial charge in [-0.05, 0) is 73.7 Å². The number of methoxy groups -OCH3 is 1. The molecule has 1 aliphatic heterocycles. The monoisotopic (exact) mass is 566 g/mol. The zero-order valence-electron chi connectivity index (χ0n) is 24.6. The summed E-state index contributed by atoms with van der Waals surface area (Å²) in [5.74, 6) is 0.482. The molecular formula is C33H38N6O3. The molecule has 9 heteroatoms.